The molecule has 0 saturated heterocycles. The summed E-state index contributed by atoms with van der Waals surface area (Å²) >= 11 is 0. The summed E-state index contributed by atoms with van der Waals surface area (Å²) in [4.78, 5) is 16.0. The first-order chi connectivity index (χ1) is 4.54. The number of amides is 1. The number of nitrogens with zero attached hydrogens (tertiary/aromatic N) is 2. The fraction of sp³-hybridized carbons (Fsp3) is 0.429. The molecule has 0 aromatic rings. The van der Waals surface area contributed by atoms with Crippen molar-refractivity contribution in [2.24, 2.45) is 4.99 Å². The van der Waals surface area contributed by atoms with Gasteiger partial charge in [-0.15, -0.1) is 0 Å². The van der Waals surface area contributed by atoms with Crippen LogP contribution in [-0.4, -0.2) is 31.2 Å². The van der Waals surface area contributed by atoms with E-state index in [1.54, 1.807) is 25.9 Å². The molecule has 0 radical (unpaired) electrons. The van der Waals surface area contributed by atoms with Crippen LogP contribution in [-0.2, 0) is 4.79 Å². The Morgan fingerprint density at radius 1 is 1.60 bits per heavy atom. The summed E-state index contributed by atoms with van der Waals surface area (Å²) in [5.41, 5.74) is 0.457. The summed E-state index contributed by atoms with van der Waals surface area (Å²) in [5.74, 6) is -0.270. The van der Waals surface area contributed by atoms with Crippen LogP contribution >= 0.6 is 0 Å². The van der Waals surface area contributed by atoms with Gasteiger partial charge in [-0.25, -0.2) is 0 Å². The summed E-state index contributed by atoms with van der Waals surface area (Å²) in [7, 11) is 3.60. The third-order valence-electron chi connectivity index (χ3n) is 0.771. The van der Waals surface area contributed by atoms with E-state index in [1.807, 2.05) is 0 Å². The number of hydrogen-bond acceptors (Lipinski definition) is 1. The van der Waals surface area contributed by atoms with Crippen molar-refractivity contribution in [2.45, 2.75) is 6.92 Å². The molecule has 3 nitrogen and oxygen atoms in total. The molecule has 1 amide bonds. The molecule has 10 heavy (non-hydrogen) atoms. The minimum atomic E-state index is -0.270. The molecule has 0 aliphatic rings. The second-order valence-electron chi connectivity index (χ2n) is 2.29. The molecule has 0 heterocycles. The maximum Gasteiger partial charge on any atom is 0.273 e. The number of carbonyl (C=O) groups is 1. The monoisotopic (exact) mass is 140 g/mol. The molecule has 0 N–H and O–H groups in total. The van der Waals surface area contributed by atoms with Gasteiger partial charge in [0, 0.05) is 19.7 Å². The van der Waals surface area contributed by atoms with E-state index < -0.39 is 0 Å². The third-order valence-corrected chi connectivity index (χ3v) is 0.771. The predicted octanol–water partition coefficient (Wildman–Crippen LogP) is 0.679. The zero-order chi connectivity index (χ0) is 8.15. The molecular formula is C7H12N2O. The molecule has 0 fully saturated rings. The average Bonchev–Trinajstić information content (AvgIpc) is 1.82. The lowest BCUT2D eigenvalue weighted by Crippen LogP contribution is -2.09. The van der Waals surface area contributed by atoms with E-state index in [-0.39, 0.29) is 5.91 Å². The van der Waals surface area contributed by atoms with Crippen LogP contribution in [0.1, 0.15) is 6.92 Å². The van der Waals surface area contributed by atoms with Crippen LogP contribution in [0.15, 0.2) is 17.1 Å². The van der Waals surface area contributed by atoms with Crippen molar-refractivity contribution >= 4 is 12.2 Å². The topological polar surface area (TPSA) is 32.7 Å². The Morgan fingerprint density at radius 3 is 2.40 bits per heavy atom. The number of carbonyl (C=O) groups excluding carboxylic acids is 1. The van der Waals surface area contributed by atoms with Gasteiger partial charge in [-0.05, 0) is 6.92 Å². The van der Waals surface area contributed by atoms with Crippen LogP contribution < -0.4 is 0 Å². The summed E-state index contributed by atoms with van der Waals surface area (Å²) in [6.07, 6.45) is 1.46. The van der Waals surface area contributed by atoms with E-state index in [1.165, 1.54) is 6.34 Å². The molecular weight excluding hydrogens is 128 g/mol. The molecule has 0 atom stereocenters. The molecule has 0 aromatic heterocycles. The molecule has 3 heteroatoms. The summed E-state index contributed by atoms with van der Waals surface area (Å²) < 4.78 is 0. The molecule has 0 bridgehead atoms. The highest BCUT2D eigenvalue weighted by molar-refractivity contribution is 5.96. The van der Waals surface area contributed by atoms with E-state index in [0.717, 1.165) is 0 Å². The van der Waals surface area contributed by atoms with Gasteiger partial charge in [0.1, 0.15) is 0 Å². The molecule has 0 unspecified atom stereocenters. The number of aliphatic imine (C=N–C) groups is 1. The second-order valence-corrected chi connectivity index (χ2v) is 2.29. The van der Waals surface area contributed by atoms with Crippen LogP contribution in [0.4, 0.5) is 0 Å². The first kappa shape index (κ1) is 8.88. The molecule has 0 spiro atoms. The maximum absolute atomic E-state index is 10.7. The van der Waals surface area contributed by atoms with Crippen molar-refractivity contribution in [2.75, 3.05) is 14.1 Å². The van der Waals surface area contributed by atoms with E-state index in [2.05, 4.69) is 11.6 Å². The highest BCUT2D eigenvalue weighted by Crippen LogP contribution is 1.89. The van der Waals surface area contributed by atoms with Crippen LogP contribution in [0, 0.1) is 0 Å². The van der Waals surface area contributed by atoms with Crippen LogP contribution in [0.5, 0.6) is 0 Å². The summed E-state index contributed by atoms with van der Waals surface area (Å²) in [5, 5.41) is 0. The number of rotatable bonds is 2. The smallest absolute Gasteiger partial charge is 0.273 e. The van der Waals surface area contributed by atoms with E-state index in [0.29, 0.717) is 5.57 Å². The lowest BCUT2D eigenvalue weighted by Gasteiger charge is -2.00. The predicted molar refractivity (Wildman–Crippen MR) is 42.0 cm³/mol. The Morgan fingerprint density at radius 2 is 2.10 bits per heavy atom. The quantitative estimate of drug-likeness (QED) is 0.321. The minimum absolute atomic E-state index is 0.270. The maximum atomic E-state index is 10.7. The van der Waals surface area contributed by atoms with Crippen molar-refractivity contribution in [1.82, 2.24) is 4.90 Å². The van der Waals surface area contributed by atoms with Gasteiger partial charge in [0.05, 0.1) is 6.34 Å². The summed E-state index contributed by atoms with van der Waals surface area (Å²) in [6, 6.07) is 0. The highest BCUT2D eigenvalue weighted by Gasteiger charge is 1.95. The van der Waals surface area contributed by atoms with Crippen LogP contribution in [0.3, 0.4) is 0 Å². The van der Waals surface area contributed by atoms with Gasteiger partial charge in [0.25, 0.3) is 5.91 Å². The first-order valence-corrected chi connectivity index (χ1v) is 2.94. The normalized spacial score (nSPS) is 9.90. The van der Waals surface area contributed by atoms with Crippen molar-refractivity contribution in [3.63, 3.8) is 0 Å². The largest absolute Gasteiger partial charge is 0.369 e. The molecule has 0 aliphatic carbocycles. The standard InChI is InChI=1S/C7H12N2O/c1-6(2)7(10)8-5-9(3)4/h5H,1H2,2-4H3. The van der Waals surface area contributed by atoms with Gasteiger partial charge in [0.15, 0.2) is 0 Å². The molecule has 0 saturated carbocycles. The SMILES string of the molecule is C=C(C)C(=O)N=CN(C)C. The van der Waals surface area contributed by atoms with Crippen LogP contribution in [0.2, 0.25) is 0 Å². The number of hydrogen-bond donors (Lipinski definition) is 0. The molecule has 0 aromatic carbocycles. The molecule has 56 valence electrons. The van der Waals surface area contributed by atoms with Crippen LogP contribution in [0.25, 0.3) is 0 Å². The fourth-order valence-electron chi connectivity index (χ4n) is 0.278. The van der Waals surface area contributed by atoms with E-state index in [9.17, 15) is 4.79 Å². The van der Waals surface area contributed by atoms with Crippen molar-refractivity contribution < 1.29 is 4.79 Å². The van der Waals surface area contributed by atoms with Crippen molar-refractivity contribution in [3.05, 3.63) is 12.2 Å². The van der Waals surface area contributed by atoms with Gasteiger partial charge in [-0.1, -0.05) is 6.58 Å². The van der Waals surface area contributed by atoms with Gasteiger partial charge in [-0.2, -0.15) is 4.99 Å². The Hall–Kier alpha value is -1.12. The van der Waals surface area contributed by atoms with Gasteiger partial charge >= 0.3 is 0 Å². The summed E-state index contributed by atoms with van der Waals surface area (Å²) in [6.45, 7) is 5.09. The van der Waals surface area contributed by atoms with Crippen molar-refractivity contribution in [1.29, 1.82) is 0 Å². The average molecular weight is 140 g/mol. The Bertz CT molecular complexity index is 170. The van der Waals surface area contributed by atoms with E-state index >= 15 is 0 Å². The minimum Gasteiger partial charge on any atom is -0.369 e. The van der Waals surface area contributed by atoms with Crippen molar-refractivity contribution in [3.8, 4) is 0 Å². The van der Waals surface area contributed by atoms with Gasteiger partial charge < -0.3 is 4.90 Å². The van der Waals surface area contributed by atoms with E-state index in [4.69, 9.17) is 0 Å². The Kier molecular flexibility index (Phi) is 3.39. The van der Waals surface area contributed by atoms with Gasteiger partial charge in [-0.3, -0.25) is 4.79 Å². The second kappa shape index (κ2) is 3.82. The third kappa shape index (κ3) is 3.83. The first-order valence-electron chi connectivity index (χ1n) is 2.94. The zero-order valence-electron chi connectivity index (χ0n) is 6.59. The Labute approximate surface area is 61.1 Å². The Balaban J connectivity index is 3.91. The molecule has 0 rings (SSSR count). The lowest BCUT2D eigenvalue weighted by molar-refractivity contribution is -0.114. The molecule has 0 aliphatic heterocycles. The van der Waals surface area contributed by atoms with Gasteiger partial charge in [0.2, 0.25) is 0 Å². The highest BCUT2D eigenvalue weighted by atomic mass is 16.1. The zero-order valence-corrected chi connectivity index (χ0v) is 6.59. The lowest BCUT2D eigenvalue weighted by atomic mass is 10.3. The fourth-order valence-corrected chi connectivity index (χ4v) is 0.278.